The zero-order valence-electron chi connectivity index (χ0n) is 19.1. The van der Waals surface area contributed by atoms with E-state index in [0.29, 0.717) is 18.1 Å². The van der Waals surface area contributed by atoms with Crippen LogP contribution in [-0.2, 0) is 17.7 Å². The fourth-order valence-electron chi connectivity index (χ4n) is 3.29. The topological polar surface area (TPSA) is 125 Å². The van der Waals surface area contributed by atoms with Crippen molar-refractivity contribution in [2.24, 2.45) is 0 Å². The van der Waals surface area contributed by atoms with Crippen LogP contribution in [0.25, 0.3) is 11.3 Å². The van der Waals surface area contributed by atoms with E-state index < -0.39 is 5.91 Å². The highest BCUT2D eigenvalue weighted by Crippen LogP contribution is 2.25. The molecule has 3 aromatic heterocycles. The lowest BCUT2D eigenvalue weighted by Gasteiger charge is -2.08. The van der Waals surface area contributed by atoms with Crippen LogP contribution in [0.4, 0.5) is 5.82 Å². The Balaban J connectivity index is 1.42. The van der Waals surface area contributed by atoms with Crippen molar-refractivity contribution in [1.82, 2.24) is 20.0 Å². The number of oxazole rings is 1. The van der Waals surface area contributed by atoms with Crippen LogP contribution < -0.4 is 5.32 Å². The molecule has 0 unspecified atom stereocenters. The van der Waals surface area contributed by atoms with Crippen LogP contribution in [-0.4, -0.2) is 44.4 Å². The molecule has 0 fully saturated rings. The number of Topliss-reactive ketones (excluding diaryl/α,β-unsaturated/α-hetero) is 1. The summed E-state index contributed by atoms with van der Waals surface area (Å²) < 4.78 is 16.6. The van der Waals surface area contributed by atoms with Gasteiger partial charge in [0.1, 0.15) is 12.3 Å². The molecule has 1 amide bonds. The van der Waals surface area contributed by atoms with Gasteiger partial charge in [-0.05, 0) is 44.0 Å². The second-order valence-corrected chi connectivity index (χ2v) is 7.94. The van der Waals surface area contributed by atoms with Crippen LogP contribution in [0.15, 0.2) is 57.8 Å². The molecule has 1 aromatic carbocycles. The Morgan fingerprint density at radius 2 is 2.06 bits per heavy atom. The summed E-state index contributed by atoms with van der Waals surface area (Å²) in [5, 5.41) is 11.0. The number of benzene rings is 1. The van der Waals surface area contributed by atoms with E-state index in [9.17, 15) is 9.59 Å². The van der Waals surface area contributed by atoms with Gasteiger partial charge in [-0.3, -0.25) is 9.59 Å². The first kappa shape index (κ1) is 23.1. The van der Waals surface area contributed by atoms with Gasteiger partial charge in [0, 0.05) is 12.5 Å². The molecule has 4 aromatic rings. The highest BCUT2D eigenvalue weighted by molar-refractivity contribution is 6.05. The minimum atomic E-state index is -0.471. The number of ether oxygens (including phenoxy) is 1. The Kier molecular flexibility index (Phi) is 6.98. The summed E-state index contributed by atoms with van der Waals surface area (Å²) in [6.45, 7) is 6.24. The largest absolute Gasteiger partial charge is 0.456 e. The first-order valence-corrected chi connectivity index (χ1v) is 10.8. The van der Waals surface area contributed by atoms with E-state index in [2.05, 4.69) is 20.5 Å². The Hall–Kier alpha value is -4.05. The van der Waals surface area contributed by atoms with Crippen LogP contribution in [0.3, 0.4) is 0 Å². The van der Waals surface area contributed by atoms with Crippen molar-refractivity contribution in [2.45, 2.75) is 39.8 Å². The first-order valence-electron chi connectivity index (χ1n) is 10.8. The number of nitrogens with one attached hydrogen (secondary N) is 1. The number of furan rings is 1. The van der Waals surface area contributed by atoms with E-state index in [4.69, 9.17) is 13.6 Å². The molecule has 10 nitrogen and oxygen atoms in total. The summed E-state index contributed by atoms with van der Waals surface area (Å²) in [5.41, 5.74) is 1.95. The van der Waals surface area contributed by atoms with Gasteiger partial charge in [0.25, 0.3) is 5.91 Å². The van der Waals surface area contributed by atoms with Crippen molar-refractivity contribution in [3.05, 3.63) is 71.8 Å². The molecule has 10 heteroatoms. The quantitative estimate of drug-likeness (QED) is 0.350. The second kappa shape index (κ2) is 10.3. The number of carbonyl (C=O) groups is 2. The molecule has 1 N–H and O–H groups in total. The van der Waals surface area contributed by atoms with Gasteiger partial charge < -0.3 is 18.9 Å². The van der Waals surface area contributed by atoms with E-state index in [1.807, 2.05) is 38.1 Å². The lowest BCUT2D eigenvalue weighted by molar-refractivity contribution is 0.0813. The third kappa shape index (κ3) is 5.65. The standard InChI is InChI=1S/C24H25N5O5/c1-15(2)32-10-9-17-5-4-6-18(11-17)23-22(25-14-33-23)24(31)27-21-12-26-29(28-21)13-19-7-8-20(34-19)16(3)30/h4-8,11-12,14-15H,9-10,13H2,1-3H3,(H,27,28,31). The Morgan fingerprint density at radius 1 is 1.21 bits per heavy atom. The average Bonchev–Trinajstić information content (AvgIpc) is 3.55. The first-order chi connectivity index (χ1) is 16.4. The molecule has 0 spiro atoms. The van der Waals surface area contributed by atoms with Crippen LogP contribution in [0.5, 0.6) is 0 Å². The summed E-state index contributed by atoms with van der Waals surface area (Å²) in [7, 11) is 0. The predicted octanol–water partition coefficient (Wildman–Crippen LogP) is 4.00. The highest BCUT2D eigenvalue weighted by atomic mass is 16.5. The molecule has 0 saturated carbocycles. The van der Waals surface area contributed by atoms with E-state index in [1.165, 1.54) is 24.3 Å². The fraction of sp³-hybridized carbons (Fsp3) is 0.292. The van der Waals surface area contributed by atoms with Crippen LogP contribution in [0, 0.1) is 0 Å². The van der Waals surface area contributed by atoms with Crippen molar-refractivity contribution in [2.75, 3.05) is 11.9 Å². The smallest absolute Gasteiger partial charge is 0.279 e. The second-order valence-electron chi connectivity index (χ2n) is 7.94. The third-order valence-corrected chi connectivity index (χ3v) is 4.90. The van der Waals surface area contributed by atoms with Gasteiger partial charge >= 0.3 is 0 Å². The van der Waals surface area contributed by atoms with E-state index in [1.54, 1.807) is 12.1 Å². The summed E-state index contributed by atoms with van der Waals surface area (Å²) in [6.07, 6.45) is 3.57. The summed E-state index contributed by atoms with van der Waals surface area (Å²) >= 11 is 0. The fourth-order valence-corrected chi connectivity index (χ4v) is 3.29. The molecule has 0 aliphatic rings. The van der Waals surface area contributed by atoms with Crippen LogP contribution >= 0.6 is 0 Å². The number of hydrogen-bond donors (Lipinski definition) is 1. The molecular formula is C24H25N5O5. The summed E-state index contributed by atoms with van der Waals surface area (Å²) in [4.78, 5) is 29.7. The Labute approximate surface area is 195 Å². The molecule has 0 radical (unpaired) electrons. The highest BCUT2D eigenvalue weighted by Gasteiger charge is 2.20. The normalized spacial score (nSPS) is 11.2. The number of aromatic nitrogens is 4. The Morgan fingerprint density at radius 3 is 2.82 bits per heavy atom. The maximum Gasteiger partial charge on any atom is 0.279 e. The van der Waals surface area contributed by atoms with E-state index in [0.717, 1.165) is 17.5 Å². The summed E-state index contributed by atoms with van der Waals surface area (Å²) in [6, 6.07) is 11.0. The lowest BCUT2D eigenvalue weighted by atomic mass is 10.1. The molecule has 0 bridgehead atoms. The molecular weight excluding hydrogens is 438 g/mol. The van der Waals surface area contributed by atoms with Crippen molar-refractivity contribution in [1.29, 1.82) is 0 Å². The van der Waals surface area contributed by atoms with Crippen molar-refractivity contribution in [3.63, 3.8) is 0 Å². The minimum absolute atomic E-state index is 0.141. The number of ketones is 1. The maximum atomic E-state index is 12.9. The number of rotatable bonds is 10. The number of hydrogen-bond acceptors (Lipinski definition) is 8. The van der Waals surface area contributed by atoms with Crippen LogP contribution in [0.2, 0.25) is 0 Å². The predicted molar refractivity (Wildman–Crippen MR) is 123 cm³/mol. The van der Waals surface area contributed by atoms with Crippen molar-refractivity contribution in [3.8, 4) is 11.3 Å². The van der Waals surface area contributed by atoms with E-state index in [-0.39, 0.29) is 35.7 Å². The average molecular weight is 463 g/mol. The van der Waals surface area contributed by atoms with Gasteiger partial charge in [-0.1, -0.05) is 18.2 Å². The van der Waals surface area contributed by atoms with Crippen LogP contribution in [0.1, 0.15) is 53.1 Å². The van der Waals surface area contributed by atoms with Gasteiger partial charge in [-0.2, -0.15) is 9.90 Å². The molecule has 176 valence electrons. The molecule has 3 heterocycles. The van der Waals surface area contributed by atoms with Gasteiger partial charge in [0.2, 0.25) is 0 Å². The maximum absolute atomic E-state index is 12.9. The third-order valence-electron chi connectivity index (χ3n) is 4.90. The van der Waals surface area contributed by atoms with Crippen molar-refractivity contribution < 1.29 is 23.2 Å². The zero-order valence-corrected chi connectivity index (χ0v) is 19.1. The molecule has 0 saturated heterocycles. The molecule has 0 aliphatic carbocycles. The molecule has 0 atom stereocenters. The monoisotopic (exact) mass is 463 g/mol. The number of nitrogens with zero attached hydrogens (tertiary/aromatic N) is 4. The Bertz CT molecular complexity index is 1290. The van der Waals surface area contributed by atoms with Gasteiger partial charge in [-0.25, -0.2) is 4.98 Å². The van der Waals surface area contributed by atoms with Gasteiger partial charge in [0.15, 0.2) is 35.2 Å². The molecule has 0 aliphatic heterocycles. The summed E-state index contributed by atoms with van der Waals surface area (Å²) in [5.74, 6) is 0.773. The SMILES string of the molecule is CC(=O)c1ccc(Cn2ncc(NC(=O)c3ncoc3-c3cccc(CCOC(C)C)c3)n2)o1. The van der Waals surface area contributed by atoms with Gasteiger partial charge in [-0.15, -0.1) is 5.10 Å². The van der Waals surface area contributed by atoms with Gasteiger partial charge in [0.05, 0.1) is 18.9 Å². The molecule has 34 heavy (non-hydrogen) atoms. The zero-order chi connectivity index (χ0) is 24.1. The number of anilines is 1. The van der Waals surface area contributed by atoms with Crippen molar-refractivity contribution >= 4 is 17.5 Å². The number of carbonyl (C=O) groups excluding carboxylic acids is 2. The lowest BCUT2D eigenvalue weighted by Crippen LogP contribution is -2.14. The number of amides is 1. The van der Waals surface area contributed by atoms with E-state index >= 15 is 0 Å². The minimum Gasteiger partial charge on any atom is -0.456 e. The molecule has 4 rings (SSSR count).